The average molecular weight is 167 g/mol. The summed E-state index contributed by atoms with van der Waals surface area (Å²) in [7, 11) is 0. The van der Waals surface area contributed by atoms with Gasteiger partial charge >= 0.3 is 23.1 Å². The fraction of sp³-hybridized carbons (Fsp3) is 0. The van der Waals surface area contributed by atoms with Gasteiger partial charge in [-0.05, 0) is 0 Å². The first-order valence-corrected chi connectivity index (χ1v) is 0. The van der Waals surface area contributed by atoms with Crippen molar-refractivity contribution in [2.24, 2.45) is 0 Å². The minimum Gasteiger partial charge on any atom is 0 e. The van der Waals surface area contributed by atoms with E-state index in [1.165, 1.54) is 0 Å². The molecule has 0 fully saturated rings. The molecule has 0 bridgehead atoms. The number of hydrogen-bond acceptors (Lipinski definition) is 0. The van der Waals surface area contributed by atoms with E-state index < -0.39 is 0 Å². The van der Waals surface area contributed by atoms with Crippen molar-refractivity contribution in [3.8, 4) is 0 Å². The van der Waals surface area contributed by atoms with Crippen LogP contribution in [0, 0.1) is 0 Å². The SMILES string of the molecule is [Al].[MgH2].[Ti].[Zn]. The third kappa shape index (κ3) is 8.82. The third-order valence-electron chi connectivity index (χ3n) is 0. The molecule has 0 amide bonds. The Morgan fingerprint density at radius 1 is 1.00 bits per heavy atom. The molecule has 0 spiro atoms. The van der Waals surface area contributed by atoms with Gasteiger partial charge in [0, 0.05) is 58.6 Å². The summed E-state index contributed by atoms with van der Waals surface area (Å²) in [6.07, 6.45) is 0. The zero-order valence-corrected chi connectivity index (χ0v) is 7.47. The smallest absolute Gasteiger partial charge is 0 e. The summed E-state index contributed by atoms with van der Waals surface area (Å²) in [4.78, 5) is 0. The van der Waals surface area contributed by atoms with Gasteiger partial charge in [0.15, 0.2) is 0 Å². The molecule has 0 atom stereocenters. The Bertz CT molecular complexity index is 8.00. The zero-order valence-electron chi connectivity index (χ0n) is 1.78. The van der Waals surface area contributed by atoms with Crippen LogP contribution in [-0.2, 0) is 41.2 Å². The maximum absolute atomic E-state index is 0. The van der Waals surface area contributed by atoms with E-state index in [0.29, 0.717) is 0 Å². The van der Waals surface area contributed by atoms with Gasteiger partial charge in [-0.15, -0.1) is 0 Å². The standard InChI is InChI=1S/Al.Mg.Ti.Zn.2H. The molecule has 0 nitrogen and oxygen atoms in total. The van der Waals surface area contributed by atoms with E-state index in [0.717, 1.165) is 0 Å². The molecule has 0 saturated heterocycles. The fourth-order valence-electron chi connectivity index (χ4n) is 0. The van der Waals surface area contributed by atoms with Gasteiger partial charge in [-0.3, -0.25) is 0 Å². The van der Waals surface area contributed by atoms with Crippen LogP contribution in [0.5, 0.6) is 0 Å². The van der Waals surface area contributed by atoms with Crippen molar-refractivity contribution in [2.75, 3.05) is 0 Å². The van der Waals surface area contributed by atoms with Crippen LogP contribution in [-0.4, -0.2) is 40.4 Å². The predicted octanol–water partition coefficient (Wildman–Crippen LogP) is -1.30. The molecule has 4 heteroatoms. The van der Waals surface area contributed by atoms with Crippen molar-refractivity contribution in [1.82, 2.24) is 0 Å². The largest absolute Gasteiger partial charge is 0.316 e. The summed E-state index contributed by atoms with van der Waals surface area (Å²) < 4.78 is 0. The van der Waals surface area contributed by atoms with Crippen molar-refractivity contribution in [3.63, 3.8) is 0 Å². The minimum atomic E-state index is 0. The average Bonchev–Trinajstić information content (AvgIpc) is 0. The first kappa shape index (κ1) is 30.3. The Morgan fingerprint density at radius 2 is 1.00 bits per heavy atom. The Hall–Kier alpha value is 2.64. The fourth-order valence-corrected chi connectivity index (χ4v) is 0. The van der Waals surface area contributed by atoms with E-state index in [-0.39, 0.29) is 81.6 Å². The molecule has 13 valence electrons. The van der Waals surface area contributed by atoms with E-state index in [1.54, 1.807) is 0 Å². The summed E-state index contributed by atoms with van der Waals surface area (Å²) in [5, 5.41) is 0. The van der Waals surface area contributed by atoms with Gasteiger partial charge in [0.1, 0.15) is 0 Å². The van der Waals surface area contributed by atoms with Gasteiger partial charge in [-0.25, -0.2) is 0 Å². The molecule has 0 aliphatic heterocycles. The van der Waals surface area contributed by atoms with E-state index in [4.69, 9.17) is 0 Å². The van der Waals surface area contributed by atoms with Crippen LogP contribution in [0.2, 0.25) is 0 Å². The molecule has 0 aliphatic rings. The summed E-state index contributed by atoms with van der Waals surface area (Å²) in [6.45, 7) is 0. The molecule has 0 heterocycles. The second-order valence-corrected chi connectivity index (χ2v) is 0. The second kappa shape index (κ2) is 17.4. The molecule has 0 unspecified atom stereocenters. The predicted molar refractivity (Wildman–Crippen MR) is 14.3 cm³/mol. The zero-order chi connectivity index (χ0) is 0. The first-order valence-electron chi connectivity index (χ1n) is 0. The summed E-state index contributed by atoms with van der Waals surface area (Å²) in [6, 6.07) is 0. The molecule has 0 rings (SSSR count). The minimum absolute atomic E-state index is 0. The van der Waals surface area contributed by atoms with Gasteiger partial charge in [-0.1, -0.05) is 0 Å². The van der Waals surface area contributed by atoms with Crippen LogP contribution >= 0.6 is 0 Å². The summed E-state index contributed by atoms with van der Waals surface area (Å²) in [5.74, 6) is 0. The van der Waals surface area contributed by atoms with Gasteiger partial charge in [0.05, 0.1) is 0 Å². The first-order chi connectivity index (χ1) is 0. The molecular weight excluding hydrogens is 165 g/mol. The third-order valence-corrected chi connectivity index (χ3v) is 0. The maximum atomic E-state index is 0. The second-order valence-electron chi connectivity index (χ2n) is 0. The Morgan fingerprint density at radius 3 is 1.00 bits per heavy atom. The molecule has 0 aromatic carbocycles. The quantitative estimate of drug-likeness (QED) is 0.393. The van der Waals surface area contributed by atoms with Crippen molar-refractivity contribution < 1.29 is 41.2 Å². The molecule has 0 aromatic rings. The Kier molecular flexibility index (Phi) is 132. The van der Waals surface area contributed by atoms with Crippen LogP contribution in [0.15, 0.2) is 0 Å². The Labute approximate surface area is 80.4 Å². The van der Waals surface area contributed by atoms with Crippen LogP contribution in [0.25, 0.3) is 0 Å². The normalized spacial score (nSPS) is 0. The summed E-state index contributed by atoms with van der Waals surface area (Å²) in [5.41, 5.74) is 0. The number of rotatable bonds is 0. The van der Waals surface area contributed by atoms with E-state index in [9.17, 15) is 0 Å². The Balaban J connectivity index is 0. The molecular formula is H2AlMgTiZn. The topological polar surface area (TPSA) is 0 Å². The van der Waals surface area contributed by atoms with Crippen molar-refractivity contribution in [3.05, 3.63) is 0 Å². The van der Waals surface area contributed by atoms with Crippen LogP contribution in [0.4, 0.5) is 0 Å². The van der Waals surface area contributed by atoms with Crippen LogP contribution in [0.1, 0.15) is 0 Å². The molecule has 0 aromatic heterocycles. The molecule has 3 radical (unpaired) electrons. The van der Waals surface area contributed by atoms with E-state index in [2.05, 4.69) is 0 Å². The van der Waals surface area contributed by atoms with Crippen molar-refractivity contribution >= 4 is 40.4 Å². The van der Waals surface area contributed by atoms with Crippen LogP contribution < -0.4 is 0 Å². The van der Waals surface area contributed by atoms with Gasteiger partial charge in [0.25, 0.3) is 0 Å². The maximum Gasteiger partial charge on any atom is 0.316 e. The molecule has 0 saturated carbocycles. The van der Waals surface area contributed by atoms with Crippen molar-refractivity contribution in [1.29, 1.82) is 0 Å². The summed E-state index contributed by atoms with van der Waals surface area (Å²) >= 11 is 0. The molecule has 0 aliphatic carbocycles. The monoisotopic (exact) mass is 165 g/mol. The van der Waals surface area contributed by atoms with E-state index >= 15 is 0 Å². The molecule has 0 N–H and O–H groups in total. The van der Waals surface area contributed by atoms with Crippen molar-refractivity contribution in [2.45, 2.75) is 0 Å². The van der Waals surface area contributed by atoms with Gasteiger partial charge in [0.2, 0.25) is 0 Å². The van der Waals surface area contributed by atoms with Crippen LogP contribution in [0.3, 0.4) is 0 Å². The molecule has 4 heavy (non-hydrogen) atoms. The van der Waals surface area contributed by atoms with Gasteiger partial charge < -0.3 is 0 Å². The number of hydrogen-bond donors (Lipinski definition) is 0. The van der Waals surface area contributed by atoms with E-state index in [1.807, 2.05) is 0 Å². The van der Waals surface area contributed by atoms with Gasteiger partial charge in [-0.2, -0.15) is 0 Å².